The van der Waals surface area contributed by atoms with Crippen molar-refractivity contribution < 1.29 is 33.0 Å². The molecular formula is C44H41FN8O6. The van der Waals surface area contributed by atoms with Gasteiger partial charge in [0.1, 0.15) is 30.5 Å². The van der Waals surface area contributed by atoms with E-state index in [0.717, 1.165) is 28.1 Å². The Morgan fingerprint density at radius 2 is 1.29 bits per heavy atom. The third-order valence-corrected chi connectivity index (χ3v) is 10.1. The SMILES string of the molecule is CC(=O)Nc1ccc2c(c1)OCc1cc(-c3cccc(N(CCC(=O)NCc4cc(-c5cc6n(n5)Cc5ccc(NC(C)=O)cc5OC6)ccc4F)C(C)=O)c3)nn1C2. The Kier molecular flexibility index (Phi) is 10.7. The van der Waals surface area contributed by atoms with Crippen molar-refractivity contribution in [2.45, 2.75) is 60.0 Å². The molecule has 0 spiro atoms. The zero-order valence-corrected chi connectivity index (χ0v) is 32.7. The second-order valence-electron chi connectivity index (χ2n) is 14.5. The van der Waals surface area contributed by atoms with Crippen LogP contribution in [0.3, 0.4) is 0 Å². The molecule has 0 aliphatic carbocycles. The van der Waals surface area contributed by atoms with Gasteiger partial charge in [-0.15, -0.1) is 0 Å². The number of rotatable bonds is 10. The summed E-state index contributed by atoms with van der Waals surface area (Å²) >= 11 is 0. The van der Waals surface area contributed by atoms with E-state index in [1.807, 2.05) is 64.0 Å². The van der Waals surface area contributed by atoms with Crippen LogP contribution in [-0.2, 0) is 52.0 Å². The van der Waals surface area contributed by atoms with E-state index in [9.17, 15) is 19.2 Å². The van der Waals surface area contributed by atoms with Crippen LogP contribution in [0, 0.1) is 5.82 Å². The first-order valence-corrected chi connectivity index (χ1v) is 19.1. The van der Waals surface area contributed by atoms with Crippen molar-refractivity contribution in [3.8, 4) is 34.0 Å². The molecule has 4 heterocycles. The van der Waals surface area contributed by atoms with E-state index in [2.05, 4.69) is 16.0 Å². The van der Waals surface area contributed by atoms with E-state index in [0.29, 0.717) is 64.2 Å². The van der Waals surface area contributed by atoms with E-state index in [-0.39, 0.29) is 56.4 Å². The highest BCUT2D eigenvalue weighted by Crippen LogP contribution is 2.33. The first kappa shape index (κ1) is 38.6. The van der Waals surface area contributed by atoms with E-state index in [4.69, 9.17) is 19.7 Å². The molecule has 0 saturated carbocycles. The van der Waals surface area contributed by atoms with E-state index in [1.54, 1.807) is 30.3 Å². The monoisotopic (exact) mass is 796 g/mol. The molecule has 59 heavy (non-hydrogen) atoms. The molecule has 2 aromatic heterocycles. The molecule has 0 bridgehead atoms. The smallest absolute Gasteiger partial charge is 0.223 e. The summed E-state index contributed by atoms with van der Waals surface area (Å²) in [6.45, 7) is 5.89. The van der Waals surface area contributed by atoms with Gasteiger partial charge in [0.2, 0.25) is 23.6 Å². The fourth-order valence-electron chi connectivity index (χ4n) is 7.19. The predicted molar refractivity (Wildman–Crippen MR) is 218 cm³/mol. The van der Waals surface area contributed by atoms with Gasteiger partial charge >= 0.3 is 0 Å². The zero-order valence-electron chi connectivity index (χ0n) is 32.7. The molecule has 0 unspecified atom stereocenters. The van der Waals surface area contributed by atoms with Gasteiger partial charge in [-0.25, -0.2) is 4.39 Å². The molecular weight excluding hydrogens is 756 g/mol. The minimum absolute atomic E-state index is 0.00810. The number of nitrogens with one attached hydrogen (secondary N) is 3. The van der Waals surface area contributed by atoms with Crippen LogP contribution < -0.4 is 30.3 Å². The number of carbonyl (C=O) groups is 4. The molecule has 0 atom stereocenters. The molecule has 0 saturated heterocycles. The lowest BCUT2D eigenvalue weighted by Gasteiger charge is -2.21. The molecule has 6 aromatic rings. The quantitative estimate of drug-likeness (QED) is 0.143. The van der Waals surface area contributed by atoms with Crippen molar-refractivity contribution in [2.75, 3.05) is 22.1 Å². The molecule has 4 aromatic carbocycles. The number of ether oxygens (including phenoxy) is 2. The third-order valence-electron chi connectivity index (χ3n) is 10.1. The maximum atomic E-state index is 15.0. The fourth-order valence-corrected chi connectivity index (χ4v) is 7.19. The van der Waals surface area contributed by atoms with Crippen LogP contribution in [0.15, 0.2) is 91.0 Å². The van der Waals surface area contributed by atoms with Crippen molar-refractivity contribution in [3.63, 3.8) is 0 Å². The minimum atomic E-state index is -0.465. The molecule has 2 aliphatic rings. The van der Waals surface area contributed by atoms with Gasteiger partial charge in [-0.2, -0.15) is 10.2 Å². The molecule has 4 amide bonds. The minimum Gasteiger partial charge on any atom is -0.487 e. The van der Waals surface area contributed by atoms with Crippen LogP contribution in [0.5, 0.6) is 11.5 Å². The van der Waals surface area contributed by atoms with Gasteiger partial charge in [0, 0.05) is 97.3 Å². The Morgan fingerprint density at radius 3 is 1.85 bits per heavy atom. The third kappa shape index (κ3) is 8.68. The molecule has 14 nitrogen and oxygen atoms in total. The number of fused-ring (bicyclic) bond motifs is 4. The second-order valence-corrected chi connectivity index (χ2v) is 14.5. The maximum Gasteiger partial charge on any atom is 0.223 e. The van der Waals surface area contributed by atoms with Crippen molar-refractivity contribution in [3.05, 3.63) is 125 Å². The summed E-state index contributed by atoms with van der Waals surface area (Å²) in [5.41, 5.74) is 8.55. The summed E-state index contributed by atoms with van der Waals surface area (Å²) in [5.74, 6) is -0.0298. The van der Waals surface area contributed by atoms with Gasteiger partial charge < -0.3 is 30.3 Å². The highest BCUT2D eigenvalue weighted by atomic mass is 19.1. The Morgan fingerprint density at radius 1 is 0.712 bits per heavy atom. The zero-order chi connectivity index (χ0) is 41.2. The lowest BCUT2D eigenvalue weighted by Crippen LogP contribution is -2.33. The second kappa shape index (κ2) is 16.3. The number of aromatic nitrogens is 4. The fraction of sp³-hybridized carbons (Fsp3) is 0.227. The number of nitrogens with zero attached hydrogens (tertiary/aromatic N) is 5. The number of anilines is 3. The largest absolute Gasteiger partial charge is 0.487 e. The number of benzene rings is 4. The van der Waals surface area contributed by atoms with Crippen LogP contribution in [0.25, 0.3) is 22.5 Å². The molecule has 2 aliphatic heterocycles. The molecule has 0 fully saturated rings. The van der Waals surface area contributed by atoms with Gasteiger partial charge in [-0.1, -0.05) is 24.3 Å². The van der Waals surface area contributed by atoms with Crippen LogP contribution in [0.1, 0.15) is 55.3 Å². The lowest BCUT2D eigenvalue weighted by atomic mass is 10.1. The number of halogens is 1. The van der Waals surface area contributed by atoms with Gasteiger partial charge in [-0.3, -0.25) is 28.5 Å². The van der Waals surface area contributed by atoms with Crippen molar-refractivity contribution >= 4 is 40.7 Å². The van der Waals surface area contributed by atoms with Crippen molar-refractivity contribution in [1.82, 2.24) is 24.9 Å². The van der Waals surface area contributed by atoms with Crippen molar-refractivity contribution in [2.24, 2.45) is 0 Å². The van der Waals surface area contributed by atoms with E-state index < -0.39 is 5.82 Å². The average molecular weight is 797 g/mol. The first-order chi connectivity index (χ1) is 28.4. The Hall–Kier alpha value is -7.29. The Bertz CT molecular complexity index is 2630. The van der Waals surface area contributed by atoms with E-state index >= 15 is 4.39 Å². The summed E-state index contributed by atoms with van der Waals surface area (Å²) in [5, 5.41) is 18.0. The number of amides is 4. The molecule has 300 valence electrons. The highest BCUT2D eigenvalue weighted by molar-refractivity contribution is 5.93. The normalized spacial score (nSPS) is 12.5. The van der Waals surface area contributed by atoms with Crippen molar-refractivity contribution in [1.29, 1.82) is 0 Å². The topological polar surface area (TPSA) is 162 Å². The molecule has 3 N–H and O–H groups in total. The number of hydrogen-bond acceptors (Lipinski definition) is 8. The summed E-state index contributed by atoms with van der Waals surface area (Å²) in [4.78, 5) is 50.5. The van der Waals surface area contributed by atoms with E-state index in [1.165, 1.54) is 31.7 Å². The standard InChI is InChI=1S/C44H41FN8O6/c1-26(54)47-34-10-7-31-22-52-37(24-58-42(31)17-34)19-40(49-52)29-5-4-6-36(16-29)51(28(3)56)14-13-44(57)46-21-33-15-30(9-12-39(33)45)41-20-38-25-59-43-18-35(48-27(2)55)11-8-32(43)23-53(38)50-41/h4-12,15-20H,13-14,21-25H2,1-3H3,(H,46,57)(H,47,54)(H,48,55). The summed E-state index contributed by atoms with van der Waals surface area (Å²) in [7, 11) is 0. The number of carbonyl (C=O) groups excluding carboxylic acids is 4. The van der Waals surface area contributed by atoms with Crippen LogP contribution in [0.2, 0.25) is 0 Å². The van der Waals surface area contributed by atoms with Gasteiger partial charge in [0.05, 0.1) is 35.9 Å². The predicted octanol–water partition coefficient (Wildman–Crippen LogP) is 6.41. The summed E-state index contributed by atoms with van der Waals surface area (Å²) in [6.07, 6.45) is -0.00810. The average Bonchev–Trinajstić information content (AvgIpc) is 3.70. The number of hydrogen-bond donors (Lipinski definition) is 3. The van der Waals surface area contributed by atoms with Crippen LogP contribution in [-0.4, -0.2) is 49.7 Å². The molecule has 8 rings (SSSR count). The van der Waals surface area contributed by atoms with Gasteiger partial charge in [-0.05, 0) is 54.6 Å². The van der Waals surface area contributed by atoms with Gasteiger partial charge in [0.25, 0.3) is 0 Å². The first-order valence-electron chi connectivity index (χ1n) is 19.1. The molecule has 15 heteroatoms. The van der Waals surface area contributed by atoms with Crippen LogP contribution in [0.4, 0.5) is 21.5 Å². The summed E-state index contributed by atoms with van der Waals surface area (Å²) < 4.78 is 30.9. The van der Waals surface area contributed by atoms with Crippen LogP contribution >= 0.6 is 0 Å². The lowest BCUT2D eigenvalue weighted by molar-refractivity contribution is -0.121. The highest BCUT2D eigenvalue weighted by Gasteiger charge is 2.21. The summed E-state index contributed by atoms with van der Waals surface area (Å²) in [6, 6.07) is 27.0. The molecule has 0 radical (unpaired) electrons. The van der Waals surface area contributed by atoms with Gasteiger partial charge in [0.15, 0.2) is 0 Å². The maximum absolute atomic E-state index is 15.0. The Balaban J connectivity index is 0.894. The Labute approximate surface area is 338 Å².